The van der Waals surface area contributed by atoms with E-state index in [1.807, 2.05) is 22.9 Å². The van der Waals surface area contributed by atoms with Gasteiger partial charge in [-0.05, 0) is 62.1 Å². The summed E-state index contributed by atoms with van der Waals surface area (Å²) in [4.78, 5) is 4.92. The maximum Gasteiger partial charge on any atom is 0.211 e. The van der Waals surface area contributed by atoms with Crippen molar-refractivity contribution in [3.63, 3.8) is 0 Å². The predicted octanol–water partition coefficient (Wildman–Crippen LogP) is 8.22. The van der Waals surface area contributed by atoms with E-state index in [1.54, 1.807) is 11.3 Å². The molecule has 0 aliphatic heterocycles. The molecule has 0 fully saturated rings. The Kier molecular flexibility index (Phi) is 5.65. The molecule has 5 rings (SSSR count). The average molecular weight is 470 g/mol. The van der Waals surface area contributed by atoms with Crippen LogP contribution in [0.5, 0.6) is 0 Å². The van der Waals surface area contributed by atoms with Crippen molar-refractivity contribution >= 4 is 22.9 Å². The van der Waals surface area contributed by atoms with Crippen LogP contribution in [0.2, 0.25) is 5.02 Å². The van der Waals surface area contributed by atoms with Gasteiger partial charge >= 0.3 is 0 Å². The van der Waals surface area contributed by atoms with E-state index in [4.69, 9.17) is 21.7 Å². The number of benzene rings is 3. The fourth-order valence-electron chi connectivity index (χ4n) is 3.85. The number of aryl methyl sites for hydroxylation is 4. The van der Waals surface area contributed by atoms with Gasteiger partial charge in [0, 0.05) is 22.1 Å². The molecular formula is C28H24ClN3S. The van der Waals surface area contributed by atoms with Crippen LogP contribution in [0.1, 0.15) is 22.3 Å². The molecule has 0 bridgehead atoms. The van der Waals surface area contributed by atoms with Gasteiger partial charge in [-0.25, -0.2) is 9.67 Å². The second-order valence-electron chi connectivity index (χ2n) is 8.40. The molecule has 0 saturated carbocycles. The number of aromatic nitrogens is 3. The molecule has 0 amide bonds. The van der Waals surface area contributed by atoms with Gasteiger partial charge in [0.05, 0.1) is 16.4 Å². The zero-order valence-electron chi connectivity index (χ0n) is 19.1. The molecule has 0 saturated heterocycles. The first-order valence-electron chi connectivity index (χ1n) is 10.9. The minimum atomic E-state index is 0.637. The van der Waals surface area contributed by atoms with E-state index in [9.17, 15) is 0 Å². The normalized spacial score (nSPS) is 11.2. The van der Waals surface area contributed by atoms with Gasteiger partial charge in [-0.2, -0.15) is 5.10 Å². The summed E-state index contributed by atoms with van der Waals surface area (Å²) in [7, 11) is 0. The van der Waals surface area contributed by atoms with Crippen LogP contribution in [0.4, 0.5) is 0 Å². The third kappa shape index (κ3) is 4.01. The molecule has 0 unspecified atom stereocenters. The van der Waals surface area contributed by atoms with E-state index in [0.29, 0.717) is 5.02 Å². The molecule has 0 radical (unpaired) electrons. The maximum atomic E-state index is 7.05. The summed E-state index contributed by atoms with van der Waals surface area (Å²) in [5.74, 6) is 0. The number of thiazole rings is 1. The topological polar surface area (TPSA) is 30.7 Å². The van der Waals surface area contributed by atoms with E-state index in [2.05, 4.69) is 81.6 Å². The maximum absolute atomic E-state index is 7.05. The van der Waals surface area contributed by atoms with Gasteiger partial charge in [0.15, 0.2) is 0 Å². The molecule has 33 heavy (non-hydrogen) atoms. The van der Waals surface area contributed by atoms with Crippen molar-refractivity contribution in [2.24, 2.45) is 0 Å². The first-order valence-corrected chi connectivity index (χ1v) is 12.1. The lowest BCUT2D eigenvalue weighted by Gasteiger charge is -2.08. The molecule has 0 spiro atoms. The predicted molar refractivity (Wildman–Crippen MR) is 140 cm³/mol. The summed E-state index contributed by atoms with van der Waals surface area (Å²) in [6, 6.07) is 23.0. The van der Waals surface area contributed by atoms with E-state index in [1.165, 1.54) is 22.3 Å². The highest BCUT2D eigenvalue weighted by Gasteiger charge is 2.22. The Bertz CT molecular complexity index is 1460. The Hall–Kier alpha value is -3.21. The van der Waals surface area contributed by atoms with Crippen LogP contribution < -0.4 is 0 Å². The SMILES string of the molecule is Cc1ccc(-c2nn(-c3nc(-c4ccccc4)cs3)c(-c3ccc(C)c(C)c3)c2Cl)cc1C. The lowest BCUT2D eigenvalue weighted by molar-refractivity contribution is 0.881. The molecule has 0 aliphatic carbocycles. The molecule has 0 aliphatic rings. The smallest absolute Gasteiger partial charge is 0.211 e. The molecule has 5 aromatic rings. The average Bonchev–Trinajstić information content (AvgIpc) is 3.43. The van der Waals surface area contributed by atoms with E-state index >= 15 is 0 Å². The van der Waals surface area contributed by atoms with Gasteiger partial charge in [0.1, 0.15) is 5.69 Å². The quantitative estimate of drug-likeness (QED) is 0.265. The summed E-state index contributed by atoms with van der Waals surface area (Å²) in [5, 5.41) is 8.49. The Morgan fingerprint density at radius 1 is 0.727 bits per heavy atom. The third-order valence-electron chi connectivity index (χ3n) is 6.13. The number of rotatable bonds is 4. The summed E-state index contributed by atoms with van der Waals surface area (Å²) >= 11 is 8.62. The van der Waals surface area contributed by atoms with Crippen molar-refractivity contribution in [3.05, 3.63) is 99.4 Å². The second-order valence-corrected chi connectivity index (χ2v) is 9.62. The van der Waals surface area contributed by atoms with Crippen molar-refractivity contribution in [2.45, 2.75) is 27.7 Å². The first-order chi connectivity index (χ1) is 15.9. The molecule has 0 atom stereocenters. The van der Waals surface area contributed by atoms with E-state index in [-0.39, 0.29) is 0 Å². The van der Waals surface area contributed by atoms with E-state index in [0.717, 1.165) is 38.9 Å². The Labute approximate surface area is 203 Å². The Morgan fingerprint density at radius 2 is 1.36 bits per heavy atom. The van der Waals surface area contributed by atoms with Crippen molar-refractivity contribution < 1.29 is 0 Å². The van der Waals surface area contributed by atoms with Crippen LogP contribution in [0.25, 0.3) is 38.9 Å². The molecular weight excluding hydrogens is 446 g/mol. The summed E-state index contributed by atoms with van der Waals surface area (Å²) < 4.78 is 1.90. The monoisotopic (exact) mass is 469 g/mol. The highest BCUT2D eigenvalue weighted by atomic mass is 35.5. The summed E-state index contributed by atoms with van der Waals surface area (Å²) in [6.07, 6.45) is 0. The van der Waals surface area contributed by atoms with Gasteiger partial charge in [-0.3, -0.25) is 0 Å². The van der Waals surface area contributed by atoms with Gasteiger partial charge in [0.2, 0.25) is 5.13 Å². The zero-order valence-corrected chi connectivity index (χ0v) is 20.6. The molecule has 3 aromatic carbocycles. The van der Waals surface area contributed by atoms with Gasteiger partial charge in [-0.15, -0.1) is 11.3 Å². The summed E-state index contributed by atoms with van der Waals surface area (Å²) in [6.45, 7) is 8.46. The highest BCUT2D eigenvalue weighted by Crippen LogP contribution is 2.40. The molecule has 0 N–H and O–H groups in total. The second kappa shape index (κ2) is 8.62. The fraction of sp³-hybridized carbons (Fsp3) is 0.143. The lowest BCUT2D eigenvalue weighted by atomic mass is 10.0. The minimum absolute atomic E-state index is 0.637. The molecule has 2 heterocycles. The van der Waals surface area contributed by atoms with Gasteiger partial charge in [-0.1, -0.05) is 66.2 Å². The molecule has 3 nitrogen and oxygen atoms in total. The number of hydrogen-bond donors (Lipinski definition) is 0. The standard InChI is InChI=1S/C28H24ClN3S/c1-17-10-12-22(14-19(17)3)26-25(29)27(23-13-11-18(2)20(4)15-23)32(31-26)28-30-24(16-33-28)21-8-6-5-7-9-21/h5-16H,1-4H3. The van der Waals surface area contributed by atoms with Crippen LogP contribution in [-0.4, -0.2) is 14.8 Å². The molecule has 2 aromatic heterocycles. The lowest BCUT2D eigenvalue weighted by Crippen LogP contribution is -1.99. The van der Waals surface area contributed by atoms with Crippen molar-refractivity contribution in [3.8, 4) is 38.9 Å². The zero-order chi connectivity index (χ0) is 23.1. The Morgan fingerprint density at radius 3 is 2.03 bits per heavy atom. The van der Waals surface area contributed by atoms with Crippen molar-refractivity contribution in [2.75, 3.05) is 0 Å². The van der Waals surface area contributed by atoms with Crippen LogP contribution in [-0.2, 0) is 0 Å². The molecule has 5 heteroatoms. The van der Waals surface area contributed by atoms with Crippen LogP contribution in [0.3, 0.4) is 0 Å². The number of nitrogens with zero attached hydrogens (tertiary/aromatic N) is 3. The van der Waals surface area contributed by atoms with Crippen molar-refractivity contribution in [1.82, 2.24) is 14.8 Å². The minimum Gasteiger partial charge on any atom is -0.218 e. The summed E-state index contributed by atoms with van der Waals surface area (Å²) in [5.41, 5.74) is 10.6. The van der Waals surface area contributed by atoms with Gasteiger partial charge in [0.25, 0.3) is 0 Å². The first kappa shape index (κ1) is 21.6. The molecule has 164 valence electrons. The number of hydrogen-bond acceptors (Lipinski definition) is 3. The van der Waals surface area contributed by atoms with Crippen LogP contribution in [0.15, 0.2) is 72.1 Å². The Balaban J connectivity index is 1.71. The number of halogens is 1. The van der Waals surface area contributed by atoms with Crippen LogP contribution >= 0.6 is 22.9 Å². The third-order valence-corrected chi connectivity index (χ3v) is 7.31. The highest BCUT2D eigenvalue weighted by molar-refractivity contribution is 7.12. The van der Waals surface area contributed by atoms with E-state index < -0.39 is 0 Å². The van der Waals surface area contributed by atoms with Gasteiger partial charge < -0.3 is 0 Å². The van der Waals surface area contributed by atoms with Crippen molar-refractivity contribution in [1.29, 1.82) is 0 Å². The fourth-order valence-corrected chi connectivity index (χ4v) is 4.98. The van der Waals surface area contributed by atoms with Crippen LogP contribution in [0, 0.1) is 27.7 Å². The largest absolute Gasteiger partial charge is 0.218 e.